The molecule has 5 heteroatoms. The van der Waals surface area contributed by atoms with E-state index in [4.69, 9.17) is 11.6 Å². The van der Waals surface area contributed by atoms with Gasteiger partial charge in [0.25, 0.3) is 5.91 Å². The fourth-order valence-electron chi connectivity index (χ4n) is 2.83. The average Bonchev–Trinajstić information content (AvgIpc) is 3.07. The largest absolute Gasteiger partial charge is 0.381 e. The van der Waals surface area contributed by atoms with Crippen LogP contribution in [-0.2, 0) is 6.54 Å². The summed E-state index contributed by atoms with van der Waals surface area (Å²) in [5, 5.41) is 6.95. The quantitative estimate of drug-likeness (QED) is 0.871. The van der Waals surface area contributed by atoms with E-state index in [2.05, 4.69) is 15.6 Å². The predicted octanol–water partition coefficient (Wildman–Crippen LogP) is 4.02. The molecule has 1 fully saturated rings. The van der Waals surface area contributed by atoms with Gasteiger partial charge in [-0.2, -0.15) is 0 Å². The number of hydrogen-bond acceptors (Lipinski definition) is 3. The number of nitrogens with one attached hydrogen (secondary N) is 2. The molecule has 1 heterocycles. The van der Waals surface area contributed by atoms with Crippen molar-refractivity contribution < 1.29 is 4.79 Å². The number of aromatic nitrogens is 1. The van der Waals surface area contributed by atoms with E-state index in [9.17, 15) is 4.79 Å². The first-order chi connectivity index (χ1) is 11.2. The van der Waals surface area contributed by atoms with Crippen molar-refractivity contribution in [3.05, 3.63) is 58.9 Å². The van der Waals surface area contributed by atoms with Gasteiger partial charge >= 0.3 is 0 Å². The van der Waals surface area contributed by atoms with Gasteiger partial charge in [0.05, 0.1) is 11.9 Å². The number of carbonyl (C=O) groups is 1. The Labute approximate surface area is 141 Å². The molecule has 0 radical (unpaired) electrons. The van der Waals surface area contributed by atoms with E-state index in [-0.39, 0.29) is 5.91 Å². The van der Waals surface area contributed by atoms with Gasteiger partial charge in [-0.15, -0.1) is 0 Å². The summed E-state index contributed by atoms with van der Waals surface area (Å²) in [6.45, 7) is 0.391. The topological polar surface area (TPSA) is 54.0 Å². The maximum atomic E-state index is 12.1. The number of halogens is 1. The van der Waals surface area contributed by atoms with Crippen molar-refractivity contribution in [2.75, 3.05) is 5.32 Å². The van der Waals surface area contributed by atoms with E-state index in [1.54, 1.807) is 12.3 Å². The van der Waals surface area contributed by atoms with E-state index in [0.29, 0.717) is 23.3 Å². The van der Waals surface area contributed by atoms with E-state index >= 15 is 0 Å². The van der Waals surface area contributed by atoms with E-state index in [0.717, 1.165) is 11.3 Å². The Balaban J connectivity index is 1.56. The Morgan fingerprint density at radius 3 is 2.65 bits per heavy atom. The minimum Gasteiger partial charge on any atom is -0.381 e. The molecule has 1 saturated carbocycles. The van der Waals surface area contributed by atoms with Crippen LogP contribution in [-0.4, -0.2) is 16.9 Å². The lowest BCUT2D eigenvalue weighted by Gasteiger charge is -2.13. The first-order valence-corrected chi connectivity index (χ1v) is 8.34. The number of hydrogen-bond donors (Lipinski definition) is 2. The molecule has 1 aromatic carbocycles. The predicted molar refractivity (Wildman–Crippen MR) is 92.7 cm³/mol. The molecule has 0 spiro atoms. The van der Waals surface area contributed by atoms with Gasteiger partial charge in [-0.25, -0.2) is 4.98 Å². The third-order valence-electron chi connectivity index (χ3n) is 4.12. The molecule has 1 aromatic heterocycles. The monoisotopic (exact) mass is 329 g/mol. The van der Waals surface area contributed by atoms with Gasteiger partial charge in [-0.1, -0.05) is 42.6 Å². The lowest BCUT2D eigenvalue weighted by molar-refractivity contribution is 0.0946. The number of benzene rings is 1. The highest BCUT2D eigenvalue weighted by atomic mass is 35.5. The van der Waals surface area contributed by atoms with Gasteiger partial charge in [0, 0.05) is 17.6 Å². The molecular formula is C18H20ClN3O. The lowest BCUT2D eigenvalue weighted by atomic mass is 10.2. The van der Waals surface area contributed by atoms with Crippen LogP contribution in [0.15, 0.2) is 42.6 Å². The van der Waals surface area contributed by atoms with Crippen molar-refractivity contribution >= 4 is 23.2 Å². The summed E-state index contributed by atoms with van der Waals surface area (Å²) in [6, 6.07) is 11.7. The van der Waals surface area contributed by atoms with Gasteiger partial charge in [-0.3, -0.25) is 4.79 Å². The Morgan fingerprint density at radius 2 is 1.96 bits per heavy atom. The molecule has 1 aliphatic rings. The molecule has 0 saturated heterocycles. The maximum absolute atomic E-state index is 12.1. The van der Waals surface area contributed by atoms with Gasteiger partial charge in [-0.05, 0) is 36.6 Å². The first kappa shape index (κ1) is 15.8. The summed E-state index contributed by atoms with van der Waals surface area (Å²) in [6.07, 6.45) is 6.71. The van der Waals surface area contributed by atoms with Crippen molar-refractivity contribution in [1.29, 1.82) is 0 Å². The summed E-state index contributed by atoms with van der Waals surface area (Å²) in [7, 11) is 0. The molecule has 0 bridgehead atoms. The molecule has 2 N–H and O–H groups in total. The number of amides is 1. The number of carbonyl (C=O) groups excluding carboxylic acids is 1. The van der Waals surface area contributed by atoms with E-state index < -0.39 is 0 Å². The molecule has 0 aliphatic heterocycles. The Bertz CT molecular complexity index is 666. The summed E-state index contributed by atoms with van der Waals surface area (Å²) in [5.41, 5.74) is 2.27. The summed E-state index contributed by atoms with van der Waals surface area (Å²) >= 11 is 6.08. The molecule has 23 heavy (non-hydrogen) atoms. The fourth-order valence-corrected chi connectivity index (χ4v) is 3.03. The average molecular weight is 330 g/mol. The number of pyridine rings is 1. The molecule has 3 rings (SSSR count). The molecule has 1 aliphatic carbocycles. The summed E-state index contributed by atoms with van der Waals surface area (Å²) in [4.78, 5) is 16.4. The third kappa shape index (κ3) is 4.23. The summed E-state index contributed by atoms with van der Waals surface area (Å²) < 4.78 is 0. The zero-order chi connectivity index (χ0) is 16.1. The van der Waals surface area contributed by atoms with Crippen LogP contribution in [0, 0.1) is 0 Å². The molecular weight excluding hydrogens is 310 g/mol. The Kier molecular flexibility index (Phi) is 5.13. The van der Waals surface area contributed by atoms with E-state index in [1.165, 1.54) is 25.7 Å². The van der Waals surface area contributed by atoms with Crippen LogP contribution in [0.1, 0.15) is 41.7 Å². The van der Waals surface area contributed by atoms with E-state index in [1.807, 2.05) is 30.3 Å². The molecule has 1 amide bonds. The fraction of sp³-hybridized carbons (Fsp3) is 0.333. The van der Waals surface area contributed by atoms with Crippen LogP contribution >= 0.6 is 11.6 Å². The highest BCUT2D eigenvalue weighted by Gasteiger charge is 2.15. The van der Waals surface area contributed by atoms with Crippen molar-refractivity contribution in [3.63, 3.8) is 0 Å². The zero-order valence-electron chi connectivity index (χ0n) is 12.9. The highest BCUT2D eigenvalue weighted by molar-refractivity contribution is 6.31. The number of rotatable bonds is 5. The number of anilines is 1. The normalized spacial score (nSPS) is 14.7. The second kappa shape index (κ2) is 7.47. The Morgan fingerprint density at radius 1 is 1.17 bits per heavy atom. The van der Waals surface area contributed by atoms with Crippen molar-refractivity contribution in [1.82, 2.24) is 10.3 Å². The van der Waals surface area contributed by atoms with Crippen molar-refractivity contribution in [2.45, 2.75) is 38.3 Å². The first-order valence-electron chi connectivity index (χ1n) is 7.96. The number of nitrogens with zero attached hydrogens (tertiary/aromatic N) is 1. The molecule has 4 nitrogen and oxygen atoms in total. The zero-order valence-corrected chi connectivity index (χ0v) is 13.6. The highest BCUT2D eigenvalue weighted by Crippen LogP contribution is 2.22. The van der Waals surface area contributed by atoms with Crippen LogP contribution in [0.5, 0.6) is 0 Å². The maximum Gasteiger partial charge on any atom is 0.270 e. The molecule has 0 atom stereocenters. The molecule has 2 aromatic rings. The second-order valence-electron chi connectivity index (χ2n) is 5.83. The third-order valence-corrected chi connectivity index (χ3v) is 4.49. The standard InChI is InChI=1S/C18H20ClN3O/c19-16-8-4-1-5-13(16)11-21-18(23)17-10-9-15(12-20-17)22-14-6-2-3-7-14/h1,4-5,8-10,12,14,22H,2-3,6-7,11H2,(H,21,23). The van der Waals surface area contributed by atoms with Gasteiger partial charge in [0.1, 0.15) is 5.69 Å². The van der Waals surface area contributed by atoms with Crippen LogP contribution in [0.4, 0.5) is 5.69 Å². The Hall–Kier alpha value is -2.07. The summed E-state index contributed by atoms with van der Waals surface area (Å²) in [5.74, 6) is -0.197. The van der Waals surface area contributed by atoms with Crippen LogP contribution in [0.2, 0.25) is 5.02 Å². The van der Waals surface area contributed by atoms with Crippen molar-refractivity contribution in [2.24, 2.45) is 0 Å². The smallest absolute Gasteiger partial charge is 0.270 e. The van der Waals surface area contributed by atoms with Crippen molar-refractivity contribution in [3.8, 4) is 0 Å². The van der Waals surface area contributed by atoms with Gasteiger partial charge in [0.15, 0.2) is 0 Å². The van der Waals surface area contributed by atoms with Crippen LogP contribution in [0.25, 0.3) is 0 Å². The van der Waals surface area contributed by atoms with Crippen LogP contribution in [0.3, 0.4) is 0 Å². The minimum atomic E-state index is -0.197. The van der Waals surface area contributed by atoms with Crippen LogP contribution < -0.4 is 10.6 Å². The van der Waals surface area contributed by atoms with Gasteiger partial charge < -0.3 is 10.6 Å². The minimum absolute atomic E-state index is 0.197. The molecule has 0 unspecified atom stereocenters. The van der Waals surface area contributed by atoms with Gasteiger partial charge in [0.2, 0.25) is 0 Å². The second-order valence-corrected chi connectivity index (χ2v) is 6.24. The molecule has 120 valence electrons. The lowest BCUT2D eigenvalue weighted by Crippen LogP contribution is -2.24. The SMILES string of the molecule is O=C(NCc1ccccc1Cl)c1ccc(NC2CCCC2)cn1.